The highest BCUT2D eigenvalue weighted by Crippen LogP contribution is 2.29. The Balaban J connectivity index is 2.66. The van der Waals surface area contributed by atoms with E-state index in [4.69, 9.17) is 17.3 Å². The molecule has 0 aliphatic heterocycles. The van der Waals surface area contributed by atoms with Crippen molar-refractivity contribution in [2.24, 2.45) is 11.8 Å². The molecule has 17 heavy (non-hydrogen) atoms. The first kappa shape index (κ1) is 14.3. The summed E-state index contributed by atoms with van der Waals surface area (Å²) in [6.45, 7) is 6.55. The van der Waals surface area contributed by atoms with Crippen molar-refractivity contribution in [3.8, 4) is 0 Å². The van der Waals surface area contributed by atoms with Gasteiger partial charge in [0.05, 0.1) is 6.10 Å². The van der Waals surface area contributed by atoms with Crippen LogP contribution in [0.2, 0.25) is 5.02 Å². The summed E-state index contributed by atoms with van der Waals surface area (Å²) in [5, 5.41) is 10.8. The second-order valence-corrected chi connectivity index (χ2v) is 5.70. The van der Waals surface area contributed by atoms with Gasteiger partial charge in [-0.3, -0.25) is 0 Å². The Morgan fingerprint density at radius 3 is 2.41 bits per heavy atom. The van der Waals surface area contributed by atoms with Crippen molar-refractivity contribution < 1.29 is 5.11 Å². The quantitative estimate of drug-likeness (QED) is 0.781. The first-order valence-corrected chi connectivity index (χ1v) is 6.51. The molecule has 2 atom stereocenters. The maximum atomic E-state index is 10.2. The van der Waals surface area contributed by atoms with Crippen LogP contribution in [0.3, 0.4) is 0 Å². The van der Waals surface area contributed by atoms with Crippen molar-refractivity contribution in [2.75, 3.05) is 5.73 Å². The van der Waals surface area contributed by atoms with Gasteiger partial charge in [-0.25, -0.2) is 0 Å². The van der Waals surface area contributed by atoms with Gasteiger partial charge in [-0.1, -0.05) is 38.4 Å². The van der Waals surface area contributed by atoms with Crippen LogP contribution in [0, 0.1) is 11.8 Å². The number of benzene rings is 1. The maximum Gasteiger partial charge on any atom is 0.0812 e. The number of anilines is 1. The van der Waals surface area contributed by atoms with Gasteiger partial charge in [0.15, 0.2) is 0 Å². The number of nitrogen functional groups attached to an aromatic ring is 1. The molecule has 0 aliphatic rings. The largest absolute Gasteiger partial charge is 0.398 e. The molecule has 0 aliphatic carbocycles. The molecule has 96 valence electrons. The van der Waals surface area contributed by atoms with Gasteiger partial charge in [0, 0.05) is 16.3 Å². The molecule has 2 unspecified atom stereocenters. The molecule has 2 nitrogen and oxygen atoms in total. The molecular weight excluding hydrogens is 234 g/mol. The lowest BCUT2D eigenvalue weighted by Crippen LogP contribution is -2.08. The molecule has 0 saturated heterocycles. The van der Waals surface area contributed by atoms with Crippen LogP contribution < -0.4 is 5.73 Å². The Hall–Kier alpha value is -0.730. The van der Waals surface area contributed by atoms with Crippen molar-refractivity contribution in [2.45, 2.75) is 39.7 Å². The normalized spacial score (nSPS) is 14.9. The second-order valence-electron chi connectivity index (χ2n) is 5.26. The summed E-state index contributed by atoms with van der Waals surface area (Å²) in [6.07, 6.45) is 1.36. The summed E-state index contributed by atoms with van der Waals surface area (Å²) < 4.78 is 0. The highest BCUT2D eigenvalue weighted by atomic mass is 35.5. The number of rotatable bonds is 5. The summed E-state index contributed by atoms with van der Waals surface area (Å²) in [6, 6.07) is 5.27. The Bertz CT molecular complexity index is 365. The van der Waals surface area contributed by atoms with Crippen molar-refractivity contribution >= 4 is 17.3 Å². The van der Waals surface area contributed by atoms with Crippen LogP contribution in [-0.2, 0) is 0 Å². The lowest BCUT2D eigenvalue weighted by Gasteiger charge is -2.19. The van der Waals surface area contributed by atoms with Crippen molar-refractivity contribution in [3.05, 3.63) is 28.8 Å². The van der Waals surface area contributed by atoms with Crippen LogP contribution in [0.4, 0.5) is 5.69 Å². The average Bonchev–Trinajstić information content (AvgIpc) is 2.15. The molecule has 0 radical (unpaired) electrons. The average molecular weight is 256 g/mol. The van der Waals surface area contributed by atoms with Crippen LogP contribution in [0.1, 0.15) is 45.3 Å². The van der Waals surface area contributed by atoms with Gasteiger partial charge in [0.1, 0.15) is 0 Å². The third-order valence-corrected chi connectivity index (χ3v) is 3.14. The van der Waals surface area contributed by atoms with E-state index < -0.39 is 6.10 Å². The van der Waals surface area contributed by atoms with E-state index in [2.05, 4.69) is 20.8 Å². The lowest BCUT2D eigenvalue weighted by atomic mass is 9.91. The fraction of sp³-hybridized carbons (Fsp3) is 0.571. The number of hydrogen-bond donors (Lipinski definition) is 2. The van der Waals surface area contributed by atoms with Crippen LogP contribution in [-0.4, -0.2) is 5.11 Å². The number of hydrogen-bond acceptors (Lipinski definition) is 2. The van der Waals surface area contributed by atoms with Gasteiger partial charge < -0.3 is 10.8 Å². The van der Waals surface area contributed by atoms with E-state index in [1.54, 1.807) is 12.1 Å². The molecule has 3 heteroatoms. The minimum Gasteiger partial charge on any atom is -0.398 e. The van der Waals surface area contributed by atoms with Gasteiger partial charge in [-0.15, -0.1) is 0 Å². The van der Waals surface area contributed by atoms with Crippen molar-refractivity contribution in [1.29, 1.82) is 0 Å². The molecule has 0 bridgehead atoms. The SMILES string of the molecule is CC(C)CC(C)CC(O)c1ccc(Cl)cc1N. The molecule has 0 spiro atoms. The topological polar surface area (TPSA) is 46.2 Å². The molecule has 3 N–H and O–H groups in total. The van der Waals surface area contributed by atoms with Crippen molar-refractivity contribution in [3.63, 3.8) is 0 Å². The van der Waals surface area contributed by atoms with E-state index in [0.29, 0.717) is 22.5 Å². The highest BCUT2D eigenvalue weighted by molar-refractivity contribution is 6.30. The zero-order valence-electron chi connectivity index (χ0n) is 10.8. The van der Waals surface area contributed by atoms with Gasteiger partial charge in [-0.05, 0) is 36.8 Å². The van der Waals surface area contributed by atoms with E-state index in [0.717, 1.165) is 18.4 Å². The molecule has 0 heterocycles. The number of aliphatic hydroxyl groups is 1. The third kappa shape index (κ3) is 4.57. The highest BCUT2D eigenvalue weighted by Gasteiger charge is 2.15. The summed E-state index contributed by atoms with van der Waals surface area (Å²) >= 11 is 5.83. The standard InChI is InChI=1S/C14H22ClNO/c1-9(2)6-10(3)7-14(17)12-5-4-11(15)8-13(12)16/h4-5,8-10,14,17H,6-7,16H2,1-3H3. The van der Waals surface area contributed by atoms with E-state index in [-0.39, 0.29) is 0 Å². The molecule has 1 aromatic carbocycles. The predicted molar refractivity (Wildman–Crippen MR) is 74.1 cm³/mol. The summed E-state index contributed by atoms with van der Waals surface area (Å²) in [7, 11) is 0. The van der Waals surface area contributed by atoms with Crippen LogP contribution in [0.25, 0.3) is 0 Å². The minimum atomic E-state index is -0.499. The second kappa shape index (κ2) is 6.27. The molecular formula is C14H22ClNO. The maximum absolute atomic E-state index is 10.2. The van der Waals surface area contributed by atoms with E-state index in [9.17, 15) is 5.11 Å². The zero-order valence-corrected chi connectivity index (χ0v) is 11.5. The molecule has 1 rings (SSSR count). The first-order valence-electron chi connectivity index (χ1n) is 6.13. The molecule has 0 fully saturated rings. The Kier molecular flexibility index (Phi) is 5.29. The Morgan fingerprint density at radius 2 is 1.88 bits per heavy atom. The molecule has 0 saturated carbocycles. The zero-order chi connectivity index (χ0) is 13.0. The minimum absolute atomic E-state index is 0.486. The first-order chi connectivity index (χ1) is 7.90. The van der Waals surface area contributed by atoms with Gasteiger partial charge in [0.25, 0.3) is 0 Å². The van der Waals surface area contributed by atoms with E-state index >= 15 is 0 Å². The number of nitrogens with two attached hydrogens (primary N) is 1. The summed E-state index contributed by atoms with van der Waals surface area (Å²) in [5.74, 6) is 1.14. The summed E-state index contributed by atoms with van der Waals surface area (Å²) in [5.41, 5.74) is 7.21. The van der Waals surface area contributed by atoms with Crippen molar-refractivity contribution in [1.82, 2.24) is 0 Å². The van der Waals surface area contributed by atoms with Gasteiger partial charge in [0.2, 0.25) is 0 Å². The summed E-state index contributed by atoms with van der Waals surface area (Å²) in [4.78, 5) is 0. The fourth-order valence-corrected chi connectivity index (χ4v) is 2.44. The predicted octanol–water partition coefficient (Wildman–Crippen LogP) is 4.03. The monoisotopic (exact) mass is 255 g/mol. The smallest absolute Gasteiger partial charge is 0.0812 e. The third-order valence-electron chi connectivity index (χ3n) is 2.91. The van der Waals surface area contributed by atoms with E-state index in [1.165, 1.54) is 0 Å². The molecule has 0 aromatic heterocycles. The molecule has 1 aromatic rings. The van der Waals surface area contributed by atoms with Crippen LogP contribution in [0.5, 0.6) is 0 Å². The van der Waals surface area contributed by atoms with E-state index in [1.807, 2.05) is 6.07 Å². The number of aliphatic hydroxyl groups excluding tert-OH is 1. The number of halogens is 1. The Morgan fingerprint density at radius 1 is 1.24 bits per heavy atom. The van der Waals surface area contributed by atoms with Crippen LogP contribution >= 0.6 is 11.6 Å². The van der Waals surface area contributed by atoms with Crippen LogP contribution in [0.15, 0.2) is 18.2 Å². The fourth-order valence-electron chi connectivity index (χ4n) is 2.26. The van der Waals surface area contributed by atoms with Gasteiger partial charge >= 0.3 is 0 Å². The Labute approximate surface area is 109 Å². The molecule has 0 amide bonds. The van der Waals surface area contributed by atoms with Gasteiger partial charge in [-0.2, -0.15) is 0 Å². The lowest BCUT2D eigenvalue weighted by molar-refractivity contribution is 0.142.